The Morgan fingerprint density at radius 2 is 1.61 bits per heavy atom. The SMILES string of the molecule is CC(C)C1=CC(CO[Si](C)(C)C(C)(C)C)C=C([Si](C)(C)C)CC1. The molecule has 0 aliphatic heterocycles. The molecule has 134 valence electrons. The minimum atomic E-state index is -1.67. The molecule has 0 saturated carbocycles. The average Bonchev–Trinajstić information content (AvgIpc) is 2.57. The van der Waals surface area contributed by atoms with Gasteiger partial charge in [0.15, 0.2) is 8.32 Å². The van der Waals surface area contributed by atoms with Gasteiger partial charge in [-0.15, -0.1) is 0 Å². The maximum Gasteiger partial charge on any atom is 0.192 e. The van der Waals surface area contributed by atoms with E-state index in [4.69, 9.17) is 4.43 Å². The summed E-state index contributed by atoms with van der Waals surface area (Å²) < 4.78 is 6.54. The zero-order valence-corrected chi connectivity index (χ0v) is 19.3. The quantitative estimate of drug-likeness (QED) is 0.390. The highest BCUT2D eigenvalue weighted by atomic mass is 28.4. The summed E-state index contributed by atoms with van der Waals surface area (Å²) in [5.41, 5.74) is 1.62. The van der Waals surface area contributed by atoms with E-state index in [0.29, 0.717) is 11.8 Å². The van der Waals surface area contributed by atoms with Crippen molar-refractivity contribution in [3.8, 4) is 0 Å². The van der Waals surface area contributed by atoms with Crippen LogP contribution in [0.1, 0.15) is 47.5 Å². The molecule has 1 rings (SSSR count). The first-order chi connectivity index (χ1) is 10.2. The zero-order chi connectivity index (χ0) is 18.1. The van der Waals surface area contributed by atoms with Crippen molar-refractivity contribution < 1.29 is 4.43 Å². The Kier molecular flexibility index (Phi) is 6.74. The van der Waals surface area contributed by atoms with E-state index in [9.17, 15) is 0 Å². The van der Waals surface area contributed by atoms with Gasteiger partial charge in [-0.3, -0.25) is 0 Å². The van der Waals surface area contributed by atoms with E-state index in [2.05, 4.69) is 79.5 Å². The standard InChI is InChI=1S/C20H40OSi2/c1-16(2)18-11-12-19(22(6,7)8)14-17(13-18)15-21-23(9,10)20(3,4)5/h13-14,16-17H,11-12,15H2,1-10H3. The Hall–Kier alpha value is -0.126. The van der Waals surface area contributed by atoms with Crippen molar-refractivity contribution >= 4 is 16.4 Å². The van der Waals surface area contributed by atoms with Crippen molar-refractivity contribution in [2.45, 2.75) is 85.2 Å². The van der Waals surface area contributed by atoms with E-state index in [1.165, 1.54) is 12.8 Å². The molecule has 0 saturated heterocycles. The third-order valence-corrected chi connectivity index (χ3v) is 12.5. The lowest BCUT2D eigenvalue weighted by Crippen LogP contribution is -2.41. The molecular formula is C20H40OSi2. The molecule has 1 nitrogen and oxygen atoms in total. The van der Waals surface area contributed by atoms with Crippen LogP contribution in [0, 0.1) is 11.8 Å². The van der Waals surface area contributed by atoms with Crippen LogP contribution < -0.4 is 0 Å². The molecule has 0 heterocycles. The van der Waals surface area contributed by atoms with Gasteiger partial charge in [0.1, 0.15) is 0 Å². The first kappa shape index (κ1) is 20.9. The fraction of sp³-hybridized carbons (Fsp3) is 0.800. The summed E-state index contributed by atoms with van der Waals surface area (Å²) in [6.45, 7) is 24.6. The molecule has 1 unspecified atom stereocenters. The number of hydrogen-bond donors (Lipinski definition) is 0. The number of allylic oxidation sites excluding steroid dienone is 2. The molecule has 3 heteroatoms. The summed E-state index contributed by atoms with van der Waals surface area (Å²) in [5.74, 6) is 1.12. The van der Waals surface area contributed by atoms with Crippen LogP contribution in [0.25, 0.3) is 0 Å². The van der Waals surface area contributed by atoms with Crippen LogP contribution >= 0.6 is 0 Å². The molecule has 0 aromatic heterocycles. The molecule has 0 radical (unpaired) electrons. The second-order valence-corrected chi connectivity index (χ2v) is 20.0. The normalized spacial score (nSPS) is 21.1. The fourth-order valence-electron chi connectivity index (χ4n) is 2.75. The third kappa shape index (κ3) is 6.02. The van der Waals surface area contributed by atoms with Gasteiger partial charge in [0.25, 0.3) is 0 Å². The van der Waals surface area contributed by atoms with Gasteiger partial charge in [0, 0.05) is 12.5 Å². The lowest BCUT2D eigenvalue weighted by Gasteiger charge is -2.37. The Balaban J connectivity index is 2.98. The minimum absolute atomic E-state index is 0.285. The predicted octanol–water partition coefficient (Wildman–Crippen LogP) is 6.80. The van der Waals surface area contributed by atoms with E-state index < -0.39 is 16.4 Å². The molecule has 0 fully saturated rings. The predicted molar refractivity (Wildman–Crippen MR) is 110 cm³/mol. The van der Waals surface area contributed by atoms with Crippen LogP contribution in [0.5, 0.6) is 0 Å². The van der Waals surface area contributed by atoms with Crippen LogP contribution in [0.15, 0.2) is 22.9 Å². The Morgan fingerprint density at radius 1 is 1.04 bits per heavy atom. The van der Waals surface area contributed by atoms with Crippen molar-refractivity contribution in [1.29, 1.82) is 0 Å². The van der Waals surface area contributed by atoms with Crippen molar-refractivity contribution in [1.82, 2.24) is 0 Å². The van der Waals surface area contributed by atoms with Crippen molar-refractivity contribution in [2.75, 3.05) is 6.61 Å². The monoisotopic (exact) mass is 352 g/mol. The van der Waals surface area contributed by atoms with Crippen LogP contribution in [-0.2, 0) is 4.43 Å². The lowest BCUT2D eigenvalue weighted by molar-refractivity contribution is 0.269. The van der Waals surface area contributed by atoms with E-state index in [1.54, 1.807) is 10.8 Å². The van der Waals surface area contributed by atoms with E-state index in [-0.39, 0.29) is 5.04 Å². The zero-order valence-electron chi connectivity index (χ0n) is 17.3. The number of hydrogen-bond acceptors (Lipinski definition) is 1. The molecule has 0 N–H and O–H groups in total. The van der Waals surface area contributed by atoms with Gasteiger partial charge < -0.3 is 4.43 Å². The Bertz CT molecular complexity index is 459. The molecule has 0 aromatic rings. The summed E-state index contributed by atoms with van der Waals surface area (Å²) in [7, 11) is -2.89. The van der Waals surface area contributed by atoms with Gasteiger partial charge in [-0.25, -0.2) is 0 Å². The van der Waals surface area contributed by atoms with Crippen molar-refractivity contribution in [3.63, 3.8) is 0 Å². The van der Waals surface area contributed by atoms with Gasteiger partial charge in [-0.05, 0) is 36.9 Å². The molecule has 0 spiro atoms. The van der Waals surface area contributed by atoms with Gasteiger partial charge in [-0.2, -0.15) is 0 Å². The van der Waals surface area contributed by atoms with Gasteiger partial charge in [0.05, 0.1) is 8.07 Å². The molecule has 23 heavy (non-hydrogen) atoms. The maximum atomic E-state index is 6.54. The Morgan fingerprint density at radius 3 is 2.04 bits per heavy atom. The summed E-state index contributed by atoms with van der Waals surface area (Å²) in [6.07, 6.45) is 7.58. The molecule has 0 aromatic carbocycles. The van der Waals surface area contributed by atoms with Crippen LogP contribution in [0.3, 0.4) is 0 Å². The lowest BCUT2D eigenvalue weighted by atomic mass is 9.96. The highest BCUT2D eigenvalue weighted by molar-refractivity contribution is 6.83. The minimum Gasteiger partial charge on any atom is -0.416 e. The highest BCUT2D eigenvalue weighted by Crippen LogP contribution is 2.37. The first-order valence-electron chi connectivity index (χ1n) is 9.30. The molecule has 1 aliphatic rings. The maximum absolute atomic E-state index is 6.54. The summed E-state index contributed by atoms with van der Waals surface area (Å²) >= 11 is 0. The van der Waals surface area contributed by atoms with Crippen LogP contribution in [0.4, 0.5) is 0 Å². The van der Waals surface area contributed by atoms with Crippen molar-refractivity contribution in [2.24, 2.45) is 11.8 Å². The second-order valence-electron chi connectivity index (χ2n) is 10.1. The average molecular weight is 353 g/mol. The first-order valence-corrected chi connectivity index (χ1v) is 15.7. The van der Waals surface area contributed by atoms with Crippen LogP contribution in [0.2, 0.25) is 37.8 Å². The van der Waals surface area contributed by atoms with Gasteiger partial charge in [0.2, 0.25) is 0 Å². The van der Waals surface area contributed by atoms with Gasteiger partial charge >= 0.3 is 0 Å². The molecule has 0 bridgehead atoms. The van der Waals surface area contributed by atoms with E-state index in [0.717, 1.165) is 6.61 Å². The van der Waals surface area contributed by atoms with Crippen molar-refractivity contribution in [3.05, 3.63) is 22.9 Å². The summed E-state index contributed by atoms with van der Waals surface area (Å²) in [6, 6.07) is 0. The molecule has 0 amide bonds. The largest absolute Gasteiger partial charge is 0.416 e. The second kappa shape index (κ2) is 7.41. The number of rotatable bonds is 5. The molecule has 1 atom stereocenters. The Labute approximate surface area is 147 Å². The van der Waals surface area contributed by atoms with Gasteiger partial charge in [-0.1, -0.05) is 77.2 Å². The summed E-state index contributed by atoms with van der Waals surface area (Å²) in [4.78, 5) is 0. The van der Waals surface area contributed by atoms with E-state index >= 15 is 0 Å². The van der Waals surface area contributed by atoms with Crippen LogP contribution in [-0.4, -0.2) is 23.0 Å². The topological polar surface area (TPSA) is 9.23 Å². The highest BCUT2D eigenvalue weighted by Gasteiger charge is 2.37. The molecule has 1 aliphatic carbocycles. The smallest absolute Gasteiger partial charge is 0.192 e. The fourth-order valence-corrected chi connectivity index (χ4v) is 5.38. The van der Waals surface area contributed by atoms with E-state index in [1.807, 2.05) is 0 Å². The molecular weight excluding hydrogens is 312 g/mol. The summed E-state index contributed by atoms with van der Waals surface area (Å²) in [5, 5.41) is 2.02. The third-order valence-electron chi connectivity index (χ3n) is 5.67.